The Balaban J connectivity index is 1.24. The molecule has 7 aromatic rings. The van der Waals surface area contributed by atoms with Crippen molar-refractivity contribution in [2.75, 3.05) is 9.80 Å². The van der Waals surface area contributed by atoms with Gasteiger partial charge in [0.2, 0.25) is 0 Å². The van der Waals surface area contributed by atoms with Gasteiger partial charge in [0.15, 0.2) is 0 Å². The van der Waals surface area contributed by atoms with Crippen LogP contribution >= 0.6 is 11.3 Å². The zero-order valence-corrected chi connectivity index (χ0v) is 47.1. The number of rotatable bonds is 3. The Kier molecular flexibility index (Phi) is 10.1. The number of halogens is 1. The van der Waals surface area contributed by atoms with Gasteiger partial charge in [0, 0.05) is 48.7 Å². The fourth-order valence-corrected chi connectivity index (χ4v) is 15.4. The molecule has 6 aromatic carbocycles. The van der Waals surface area contributed by atoms with Gasteiger partial charge in [-0.25, -0.2) is 4.39 Å². The summed E-state index contributed by atoms with van der Waals surface area (Å²) in [6.07, 6.45) is 6.95. The standard InChI is InChI=1S/C67H76BFN2S/c1-39-31-55-58-56(32-39)71(53-24-21-40(61(2,3)4)33-43(53)42-19-17-18-20-52(42)69)54-37-49-48(65(11,12)28-29-66(49,13)14)36-51(54)68(58)60-59(44-35-47-50(38-57(44)72-60)67(15,16)30-27-64(47,9)10)70(55)41-22-23-45-46(34-41)63(7,8)26-25-62(45,5)6/h17-24,31-38H,25-30H2,1-16H3. The maximum atomic E-state index is 16.6. The predicted molar refractivity (Wildman–Crippen MR) is 311 cm³/mol. The molecule has 370 valence electrons. The van der Waals surface area contributed by atoms with E-state index in [-0.39, 0.29) is 50.4 Å². The van der Waals surface area contributed by atoms with Crippen LogP contribution in [0.5, 0.6) is 0 Å². The molecule has 0 fully saturated rings. The van der Waals surface area contributed by atoms with Crippen LogP contribution in [0.1, 0.15) is 187 Å². The average molecular weight is 971 g/mol. The first kappa shape index (κ1) is 47.9. The molecule has 3 aliphatic carbocycles. The molecule has 72 heavy (non-hydrogen) atoms. The number of thiophene rings is 1. The van der Waals surface area contributed by atoms with Crippen molar-refractivity contribution in [2.24, 2.45) is 0 Å². The minimum Gasteiger partial charge on any atom is -0.311 e. The van der Waals surface area contributed by atoms with Crippen LogP contribution in [-0.2, 0) is 37.9 Å². The first-order chi connectivity index (χ1) is 33.6. The van der Waals surface area contributed by atoms with Crippen molar-refractivity contribution >= 4 is 78.0 Å². The zero-order valence-electron chi connectivity index (χ0n) is 46.2. The number of nitrogens with zero attached hydrogens (tertiary/aromatic N) is 2. The minimum absolute atomic E-state index is 0.00257. The molecule has 0 spiro atoms. The van der Waals surface area contributed by atoms with E-state index in [2.05, 4.69) is 193 Å². The van der Waals surface area contributed by atoms with Crippen LogP contribution in [-0.4, -0.2) is 6.71 Å². The van der Waals surface area contributed by atoms with Gasteiger partial charge in [0.25, 0.3) is 6.71 Å². The van der Waals surface area contributed by atoms with Crippen LogP contribution in [0.4, 0.5) is 38.5 Å². The van der Waals surface area contributed by atoms with E-state index in [1.54, 1.807) is 6.07 Å². The van der Waals surface area contributed by atoms with E-state index in [0.29, 0.717) is 5.56 Å². The Morgan fingerprint density at radius 1 is 0.500 bits per heavy atom. The topological polar surface area (TPSA) is 6.48 Å². The van der Waals surface area contributed by atoms with Gasteiger partial charge >= 0.3 is 0 Å². The highest BCUT2D eigenvalue weighted by Crippen LogP contribution is 2.56. The van der Waals surface area contributed by atoms with Gasteiger partial charge in [-0.15, -0.1) is 11.3 Å². The van der Waals surface area contributed by atoms with Gasteiger partial charge in [-0.3, -0.25) is 0 Å². The monoisotopic (exact) mass is 971 g/mol. The molecule has 12 rings (SSSR count). The van der Waals surface area contributed by atoms with E-state index in [9.17, 15) is 0 Å². The summed E-state index contributed by atoms with van der Waals surface area (Å²) in [5.74, 6) is -0.201. The quantitative estimate of drug-likeness (QED) is 0.163. The summed E-state index contributed by atoms with van der Waals surface area (Å²) in [4.78, 5) is 5.28. The molecule has 5 aliphatic rings. The Bertz CT molecular complexity index is 3460. The smallest absolute Gasteiger partial charge is 0.264 e. The predicted octanol–water partition coefficient (Wildman–Crippen LogP) is 17.4. The van der Waals surface area contributed by atoms with Crippen LogP contribution < -0.4 is 25.5 Å². The SMILES string of the molecule is Cc1cc2c3c(c1)N(c1ccc4c(c1)C(C)(C)CCC4(C)C)c1c(sc4cc5c(cc14)C(C)(C)CCC5(C)C)B3c1cc3c(cc1N2c1ccc(C(C)(C)C)cc1-c1ccccc1F)C(C)(C)CCC3(C)C. The summed E-state index contributed by atoms with van der Waals surface area (Å²) in [6.45, 7) is 38.6. The zero-order chi connectivity index (χ0) is 51.2. The second kappa shape index (κ2) is 15.2. The van der Waals surface area contributed by atoms with Gasteiger partial charge in [-0.2, -0.15) is 0 Å². The molecule has 0 radical (unpaired) electrons. The maximum absolute atomic E-state index is 16.6. The molecular formula is C67H76BFN2S. The van der Waals surface area contributed by atoms with E-state index < -0.39 is 0 Å². The van der Waals surface area contributed by atoms with Crippen LogP contribution in [0.25, 0.3) is 21.2 Å². The van der Waals surface area contributed by atoms with Crippen LogP contribution in [0.3, 0.4) is 0 Å². The van der Waals surface area contributed by atoms with Gasteiger partial charge in [0.05, 0.1) is 11.4 Å². The van der Waals surface area contributed by atoms with Crippen molar-refractivity contribution in [2.45, 2.75) is 187 Å². The van der Waals surface area contributed by atoms with Gasteiger partial charge < -0.3 is 9.80 Å². The van der Waals surface area contributed by atoms with Gasteiger partial charge in [-0.05, 0) is 199 Å². The van der Waals surface area contributed by atoms with E-state index in [4.69, 9.17) is 0 Å². The van der Waals surface area contributed by atoms with Crippen LogP contribution in [0.15, 0.2) is 97.1 Å². The Morgan fingerprint density at radius 3 is 1.62 bits per heavy atom. The molecule has 0 amide bonds. The molecule has 2 aliphatic heterocycles. The fraction of sp³-hybridized carbons (Fsp3) is 0.433. The van der Waals surface area contributed by atoms with Crippen LogP contribution in [0.2, 0.25) is 0 Å². The second-order valence-corrected chi connectivity index (χ2v) is 29.1. The first-order valence-electron chi connectivity index (χ1n) is 27.2. The molecule has 0 bridgehead atoms. The Labute approximate surface area is 435 Å². The summed E-state index contributed by atoms with van der Waals surface area (Å²) in [7, 11) is 0. The van der Waals surface area contributed by atoms with Crippen molar-refractivity contribution in [3.05, 3.63) is 147 Å². The Morgan fingerprint density at radius 2 is 1.03 bits per heavy atom. The van der Waals surface area contributed by atoms with E-state index in [1.807, 2.05) is 29.5 Å². The Hall–Kier alpha value is -5.13. The third-order valence-electron chi connectivity index (χ3n) is 19.1. The van der Waals surface area contributed by atoms with Gasteiger partial charge in [-0.1, -0.05) is 140 Å². The van der Waals surface area contributed by atoms with Gasteiger partial charge in [0.1, 0.15) is 5.82 Å². The molecule has 5 heteroatoms. The van der Waals surface area contributed by atoms with Crippen LogP contribution in [0, 0.1) is 12.7 Å². The number of aryl methyl sites for hydroxylation is 1. The lowest BCUT2D eigenvalue weighted by Gasteiger charge is -2.47. The van der Waals surface area contributed by atoms with Crippen molar-refractivity contribution < 1.29 is 4.39 Å². The molecule has 0 unspecified atom stereocenters. The molecular weight excluding hydrogens is 895 g/mol. The molecule has 0 saturated heterocycles. The number of fused-ring (bicyclic) bond motifs is 9. The van der Waals surface area contributed by atoms with Crippen molar-refractivity contribution in [3.63, 3.8) is 0 Å². The van der Waals surface area contributed by atoms with E-state index >= 15 is 4.39 Å². The fourth-order valence-electron chi connectivity index (χ4n) is 14.1. The lowest BCUT2D eigenvalue weighted by atomic mass is 9.35. The number of benzene rings is 6. The van der Waals surface area contributed by atoms with Crippen molar-refractivity contribution in [1.29, 1.82) is 0 Å². The highest BCUT2D eigenvalue weighted by atomic mass is 32.1. The third-order valence-corrected chi connectivity index (χ3v) is 20.3. The highest BCUT2D eigenvalue weighted by Gasteiger charge is 2.49. The number of anilines is 6. The largest absolute Gasteiger partial charge is 0.311 e. The summed E-state index contributed by atoms with van der Waals surface area (Å²) in [5.41, 5.74) is 22.9. The molecule has 0 atom stereocenters. The highest BCUT2D eigenvalue weighted by molar-refractivity contribution is 7.33. The third kappa shape index (κ3) is 6.97. The minimum atomic E-state index is -0.201. The number of hydrogen-bond donors (Lipinski definition) is 0. The molecule has 1 aromatic heterocycles. The lowest BCUT2D eigenvalue weighted by molar-refractivity contribution is 0.332. The van der Waals surface area contributed by atoms with E-state index in [1.165, 1.54) is 118 Å². The number of hydrogen-bond acceptors (Lipinski definition) is 3. The molecule has 0 saturated carbocycles. The van der Waals surface area contributed by atoms with E-state index in [0.717, 1.165) is 30.5 Å². The molecule has 2 nitrogen and oxygen atoms in total. The summed E-state index contributed by atoms with van der Waals surface area (Å²) < 4.78 is 19.4. The van der Waals surface area contributed by atoms with Crippen molar-refractivity contribution in [3.8, 4) is 11.1 Å². The maximum Gasteiger partial charge on any atom is 0.264 e. The average Bonchev–Trinajstić information content (AvgIpc) is 3.68. The summed E-state index contributed by atoms with van der Waals surface area (Å²) in [6, 6.07) is 37.3. The first-order valence-corrected chi connectivity index (χ1v) is 28.0. The molecule has 3 heterocycles. The second-order valence-electron chi connectivity index (χ2n) is 28.0. The normalized spacial score (nSPS) is 20.3. The summed E-state index contributed by atoms with van der Waals surface area (Å²) in [5, 5.41) is 1.37. The van der Waals surface area contributed by atoms with Crippen molar-refractivity contribution in [1.82, 2.24) is 0 Å². The molecule has 0 N–H and O–H groups in total. The summed E-state index contributed by atoms with van der Waals surface area (Å²) >= 11 is 2.04. The lowest BCUT2D eigenvalue weighted by Crippen LogP contribution is -2.61.